The molecule has 2 amide bonds. The normalized spacial score (nSPS) is 29.2. The van der Waals surface area contributed by atoms with E-state index in [0.717, 1.165) is 0 Å². The molecule has 1 aliphatic carbocycles. The molecule has 24 heavy (non-hydrogen) atoms. The number of fused-ring (bicyclic) bond motifs is 1. The van der Waals surface area contributed by atoms with E-state index >= 15 is 0 Å². The summed E-state index contributed by atoms with van der Waals surface area (Å²) in [4.78, 5) is 38.4. The van der Waals surface area contributed by atoms with Gasteiger partial charge < -0.3 is 15.3 Å². The average molecular weight is 338 g/mol. The van der Waals surface area contributed by atoms with Gasteiger partial charge in [-0.2, -0.15) is 0 Å². The van der Waals surface area contributed by atoms with Crippen LogP contribution in [0.15, 0.2) is 0 Å². The fourth-order valence-corrected chi connectivity index (χ4v) is 3.92. The molecule has 0 aromatic carbocycles. The summed E-state index contributed by atoms with van der Waals surface area (Å²) in [7, 11) is 0. The molecule has 0 spiro atoms. The second-order valence-corrected chi connectivity index (χ2v) is 9.19. The third kappa shape index (κ3) is 3.03. The summed E-state index contributed by atoms with van der Waals surface area (Å²) in [5.74, 6) is -1.44. The van der Waals surface area contributed by atoms with Gasteiger partial charge in [0.25, 0.3) is 0 Å². The fourth-order valence-electron chi connectivity index (χ4n) is 3.92. The molecule has 2 fully saturated rings. The highest BCUT2D eigenvalue weighted by Crippen LogP contribution is 2.64. The molecule has 1 saturated heterocycles. The Hall–Kier alpha value is -1.59. The highest BCUT2D eigenvalue weighted by atomic mass is 16.4. The Morgan fingerprint density at radius 2 is 1.75 bits per heavy atom. The number of carboxylic acids is 1. The van der Waals surface area contributed by atoms with Gasteiger partial charge in [-0.05, 0) is 16.7 Å². The maximum Gasteiger partial charge on any atom is 0.326 e. The van der Waals surface area contributed by atoms with Crippen molar-refractivity contribution in [3.05, 3.63) is 0 Å². The van der Waals surface area contributed by atoms with Crippen LogP contribution in [-0.2, 0) is 14.4 Å². The Labute approximate surface area is 144 Å². The lowest BCUT2D eigenvalue weighted by atomic mass is 9.85. The monoisotopic (exact) mass is 338 g/mol. The Morgan fingerprint density at radius 1 is 1.21 bits per heavy atom. The van der Waals surface area contributed by atoms with Gasteiger partial charge in [-0.1, -0.05) is 48.5 Å². The first-order chi connectivity index (χ1) is 10.8. The van der Waals surface area contributed by atoms with Crippen molar-refractivity contribution in [3.8, 4) is 0 Å². The minimum Gasteiger partial charge on any atom is -0.480 e. The SMILES string of the molecule is CC(C)C(=O)N[C@H](C(=O)N1CC2C(C1C(=O)O)C2(C)C)C(C)(C)C. The molecule has 0 aromatic heterocycles. The number of piperidine rings is 1. The molecule has 1 aliphatic heterocycles. The van der Waals surface area contributed by atoms with Crippen molar-refractivity contribution in [1.82, 2.24) is 10.2 Å². The first-order valence-electron chi connectivity index (χ1n) is 8.63. The minimum atomic E-state index is -0.954. The Morgan fingerprint density at radius 3 is 2.17 bits per heavy atom. The summed E-state index contributed by atoms with van der Waals surface area (Å²) in [5, 5.41) is 12.5. The molecule has 6 heteroatoms. The van der Waals surface area contributed by atoms with Gasteiger partial charge >= 0.3 is 5.97 Å². The first kappa shape index (κ1) is 18.7. The number of rotatable bonds is 4. The van der Waals surface area contributed by atoms with Crippen molar-refractivity contribution in [2.24, 2.45) is 28.6 Å². The number of carbonyl (C=O) groups excluding carboxylic acids is 2. The number of likely N-dealkylation sites (tertiary alicyclic amines) is 1. The number of carboxylic acid groups (broad SMARTS) is 1. The molecule has 136 valence electrons. The Kier molecular flexibility index (Phi) is 4.48. The lowest BCUT2D eigenvalue weighted by Gasteiger charge is -2.37. The molecule has 0 bridgehead atoms. The van der Waals surface area contributed by atoms with E-state index in [-0.39, 0.29) is 35.0 Å². The number of hydrogen-bond donors (Lipinski definition) is 2. The van der Waals surface area contributed by atoms with Crippen molar-refractivity contribution in [2.75, 3.05) is 6.54 Å². The molecule has 0 aromatic rings. The van der Waals surface area contributed by atoms with Crippen LogP contribution in [0.4, 0.5) is 0 Å². The minimum absolute atomic E-state index is 0.000341. The van der Waals surface area contributed by atoms with E-state index in [1.165, 1.54) is 4.90 Å². The van der Waals surface area contributed by atoms with Gasteiger partial charge in [0.2, 0.25) is 11.8 Å². The predicted octanol–water partition coefficient (Wildman–Crippen LogP) is 1.74. The average Bonchev–Trinajstić information content (AvgIpc) is 2.82. The number of aliphatic carboxylic acids is 1. The maximum atomic E-state index is 13.1. The van der Waals surface area contributed by atoms with Crippen LogP contribution in [0.2, 0.25) is 0 Å². The van der Waals surface area contributed by atoms with Crippen LogP contribution in [0, 0.1) is 28.6 Å². The van der Waals surface area contributed by atoms with Gasteiger partial charge in [0, 0.05) is 18.4 Å². The molecule has 2 N–H and O–H groups in total. The van der Waals surface area contributed by atoms with Gasteiger partial charge in [-0.25, -0.2) is 4.79 Å². The van der Waals surface area contributed by atoms with Crippen LogP contribution in [0.3, 0.4) is 0 Å². The molecular formula is C18H30N2O4. The van der Waals surface area contributed by atoms with Crippen LogP contribution in [-0.4, -0.2) is 46.4 Å². The zero-order chi connectivity index (χ0) is 18.6. The summed E-state index contributed by atoms with van der Waals surface area (Å²) in [5.41, 5.74) is -0.523. The van der Waals surface area contributed by atoms with Gasteiger partial charge in [-0.3, -0.25) is 9.59 Å². The van der Waals surface area contributed by atoms with Crippen molar-refractivity contribution < 1.29 is 19.5 Å². The molecule has 1 saturated carbocycles. The van der Waals surface area contributed by atoms with Crippen LogP contribution in [0.5, 0.6) is 0 Å². The summed E-state index contributed by atoms with van der Waals surface area (Å²) in [6.45, 7) is 13.8. The zero-order valence-corrected chi connectivity index (χ0v) is 15.7. The molecule has 1 heterocycles. The Bertz CT molecular complexity index is 562. The summed E-state index contributed by atoms with van der Waals surface area (Å²) < 4.78 is 0. The molecule has 0 radical (unpaired) electrons. The quantitative estimate of drug-likeness (QED) is 0.817. The number of carbonyl (C=O) groups is 3. The van der Waals surface area contributed by atoms with Crippen molar-refractivity contribution >= 4 is 17.8 Å². The lowest BCUT2D eigenvalue weighted by Crippen LogP contribution is -2.58. The standard InChI is InChI=1S/C18H30N2O4/c1-9(2)14(21)19-13(17(3,4)5)15(22)20-8-10-11(18(10,6)7)12(20)16(23)24/h9-13H,8H2,1-7H3,(H,19,21)(H,23,24)/t10?,11?,12?,13-/m1/s1. The largest absolute Gasteiger partial charge is 0.480 e. The third-order valence-corrected chi connectivity index (χ3v) is 5.67. The lowest BCUT2D eigenvalue weighted by molar-refractivity contribution is -0.153. The van der Waals surface area contributed by atoms with E-state index < -0.39 is 23.5 Å². The fraction of sp³-hybridized carbons (Fsp3) is 0.833. The second-order valence-electron chi connectivity index (χ2n) is 9.19. The van der Waals surface area contributed by atoms with Crippen LogP contribution in [0.1, 0.15) is 48.5 Å². The zero-order valence-electron chi connectivity index (χ0n) is 15.7. The van der Waals surface area contributed by atoms with Crippen LogP contribution in [0.25, 0.3) is 0 Å². The Balaban J connectivity index is 2.24. The molecule has 2 aliphatic rings. The van der Waals surface area contributed by atoms with Crippen molar-refractivity contribution in [3.63, 3.8) is 0 Å². The van der Waals surface area contributed by atoms with Gasteiger partial charge in [0.15, 0.2) is 0 Å². The van der Waals surface area contributed by atoms with Crippen molar-refractivity contribution in [1.29, 1.82) is 0 Å². The number of nitrogens with one attached hydrogen (secondary N) is 1. The molecule has 6 nitrogen and oxygen atoms in total. The maximum absolute atomic E-state index is 13.1. The van der Waals surface area contributed by atoms with E-state index in [9.17, 15) is 19.5 Å². The number of nitrogens with zero attached hydrogens (tertiary/aromatic N) is 1. The highest BCUT2D eigenvalue weighted by molar-refractivity contribution is 5.92. The number of amides is 2. The number of hydrogen-bond acceptors (Lipinski definition) is 3. The van der Waals surface area contributed by atoms with E-state index in [1.807, 2.05) is 20.8 Å². The first-order valence-corrected chi connectivity index (χ1v) is 8.63. The van der Waals surface area contributed by atoms with Crippen LogP contribution >= 0.6 is 0 Å². The van der Waals surface area contributed by atoms with E-state index in [0.29, 0.717) is 6.54 Å². The van der Waals surface area contributed by atoms with Gasteiger partial charge in [0.05, 0.1) is 0 Å². The predicted molar refractivity (Wildman–Crippen MR) is 90.1 cm³/mol. The van der Waals surface area contributed by atoms with Crippen LogP contribution < -0.4 is 5.32 Å². The van der Waals surface area contributed by atoms with E-state index in [4.69, 9.17) is 0 Å². The smallest absolute Gasteiger partial charge is 0.326 e. The summed E-state index contributed by atoms with van der Waals surface area (Å²) >= 11 is 0. The van der Waals surface area contributed by atoms with Gasteiger partial charge in [0.1, 0.15) is 12.1 Å². The van der Waals surface area contributed by atoms with E-state index in [1.54, 1.807) is 13.8 Å². The molecule has 2 rings (SSSR count). The molecule has 4 atom stereocenters. The second kappa shape index (κ2) is 5.74. The molecule has 3 unspecified atom stereocenters. The van der Waals surface area contributed by atoms with E-state index in [2.05, 4.69) is 19.2 Å². The highest BCUT2D eigenvalue weighted by Gasteiger charge is 2.70. The molecular weight excluding hydrogens is 308 g/mol. The summed E-state index contributed by atoms with van der Waals surface area (Å²) in [6.07, 6.45) is 0. The van der Waals surface area contributed by atoms with Gasteiger partial charge in [-0.15, -0.1) is 0 Å². The third-order valence-electron chi connectivity index (χ3n) is 5.67. The van der Waals surface area contributed by atoms with Crippen molar-refractivity contribution in [2.45, 2.75) is 60.5 Å². The topological polar surface area (TPSA) is 86.7 Å². The summed E-state index contributed by atoms with van der Waals surface area (Å²) in [6, 6.07) is -1.52.